The van der Waals surface area contributed by atoms with E-state index in [2.05, 4.69) is 5.32 Å². The molecular weight excluding hydrogens is 344 g/mol. The average molecular weight is 368 g/mol. The number of benzene rings is 2. The van der Waals surface area contributed by atoms with Gasteiger partial charge < -0.3 is 19.7 Å². The molecule has 0 saturated heterocycles. The third kappa shape index (κ3) is 3.35. The van der Waals surface area contributed by atoms with Gasteiger partial charge in [-0.1, -0.05) is 30.3 Å². The Hall–Kier alpha value is -3.02. The van der Waals surface area contributed by atoms with Crippen LogP contribution < -0.4 is 10.1 Å². The van der Waals surface area contributed by atoms with E-state index in [1.165, 1.54) is 4.90 Å². The molecule has 1 heterocycles. The minimum Gasteiger partial charge on any atom is -0.496 e. The Labute approximate surface area is 158 Å². The third-order valence-electron chi connectivity index (χ3n) is 4.76. The van der Waals surface area contributed by atoms with E-state index in [1.807, 2.05) is 36.4 Å². The van der Waals surface area contributed by atoms with Crippen molar-refractivity contribution in [3.8, 4) is 5.75 Å². The summed E-state index contributed by atoms with van der Waals surface area (Å²) in [6.07, 6.45) is -0.268. The highest BCUT2D eigenvalue weighted by atomic mass is 16.5. The smallest absolute Gasteiger partial charge is 0.338 e. The molecule has 0 unspecified atom stereocenters. The molecule has 6 heteroatoms. The molecule has 1 aliphatic heterocycles. The zero-order valence-corrected chi connectivity index (χ0v) is 16.2. The van der Waals surface area contributed by atoms with Crippen LogP contribution in [0.1, 0.15) is 32.4 Å². The van der Waals surface area contributed by atoms with Gasteiger partial charge in [-0.25, -0.2) is 9.59 Å². The number of allylic oxidation sites excluding steroid dienone is 1. The number of rotatable bonds is 4. The van der Waals surface area contributed by atoms with Gasteiger partial charge in [0.05, 0.1) is 24.8 Å². The second kappa shape index (κ2) is 7.31. The third-order valence-corrected chi connectivity index (χ3v) is 4.76. The van der Waals surface area contributed by atoms with Crippen molar-refractivity contribution in [3.63, 3.8) is 0 Å². The molecule has 142 valence electrons. The van der Waals surface area contributed by atoms with E-state index in [-0.39, 0.29) is 12.1 Å². The van der Waals surface area contributed by atoms with Crippen molar-refractivity contribution in [1.82, 2.24) is 10.2 Å². The Bertz CT molecular complexity index is 933. The molecule has 0 saturated carbocycles. The topological polar surface area (TPSA) is 67.9 Å². The number of nitrogens with one attached hydrogen (secondary N) is 1. The number of nitrogens with zero attached hydrogens (tertiary/aromatic N) is 1. The molecule has 0 aliphatic carbocycles. The van der Waals surface area contributed by atoms with Crippen molar-refractivity contribution in [3.05, 3.63) is 53.2 Å². The van der Waals surface area contributed by atoms with Crippen LogP contribution in [0.3, 0.4) is 0 Å². The van der Waals surface area contributed by atoms with E-state index in [0.717, 1.165) is 16.3 Å². The summed E-state index contributed by atoms with van der Waals surface area (Å²) in [5.74, 6) is 0.153. The summed E-state index contributed by atoms with van der Waals surface area (Å²) >= 11 is 0. The van der Waals surface area contributed by atoms with Crippen LogP contribution in [0.15, 0.2) is 47.7 Å². The summed E-state index contributed by atoms with van der Waals surface area (Å²) in [6, 6.07) is 10.7. The van der Waals surface area contributed by atoms with E-state index in [1.54, 1.807) is 34.9 Å². The molecule has 2 aromatic carbocycles. The first-order chi connectivity index (χ1) is 12.8. The summed E-state index contributed by atoms with van der Waals surface area (Å²) in [4.78, 5) is 26.8. The maximum Gasteiger partial charge on any atom is 0.338 e. The normalized spacial score (nSPS) is 17.3. The predicted octanol–water partition coefficient (Wildman–Crippen LogP) is 3.77. The second-order valence-electron chi connectivity index (χ2n) is 6.80. The van der Waals surface area contributed by atoms with Gasteiger partial charge in [0.25, 0.3) is 0 Å². The summed E-state index contributed by atoms with van der Waals surface area (Å²) in [6.45, 7) is 5.35. The van der Waals surface area contributed by atoms with Gasteiger partial charge in [0.2, 0.25) is 0 Å². The molecular formula is C21H24N2O4. The first-order valence-corrected chi connectivity index (χ1v) is 8.86. The summed E-state index contributed by atoms with van der Waals surface area (Å²) in [5, 5.41) is 4.84. The molecule has 0 radical (unpaired) electrons. The van der Waals surface area contributed by atoms with E-state index < -0.39 is 12.0 Å². The van der Waals surface area contributed by atoms with Crippen molar-refractivity contribution in [2.24, 2.45) is 0 Å². The highest BCUT2D eigenvalue weighted by Crippen LogP contribution is 2.39. The van der Waals surface area contributed by atoms with Crippen LogP contribution in [0.25, 0.3) is 10.8 Å². The molecule has 6 nitrogen and oxygen atoms in total. The zero-order valence-electron chi connectivity index (χ0n) is 16.2. The molecule has 0 aromatic heterocycles. The number of methoxy groups -OCH3 is 1. The molecule has 0 fully saturated rings. The second-order valence-corrected chi connectivity index (χ2v) is 6.80. The highest BCUT2D eigenvalue weighted by Gasteiger charge is 2.37. The van der Waals surface area contributed by atoms with Crippen LogP contribution in [-0.2, 0) is 9.53 Å². The van der Waals surface area contributed by atoms with E-state index in [4.69, 9.17) is 9.47 Å². The minimum atomic E-state index is -0.666. The number of esters is 1. The van der Waals surface area contributed by atoms with Gasteiger partial charge in [-0.3, -0.25) is 0 Å². The largest absolute Gasteiger partial charge is 0.496 e. The maximum atomic E-state index is 12.9. The van der Waals surface area contributed by atoms with Crippen LogP contribution >= 0.6 is 0 Å². The number of hydrogen-bond acceptors (Lipinski definition) is 4. The van der Waals surface area contributed by atoms with Crippen LogP contribution in [0.5, 0.6) is 5.75 Å². The first-order valence-electron chi connectivity index (χ1n) is 8.86. The Morgan fingerprint density at radius 3 is 2.56 bits per heavy atom. The fourth-order valence-electron chi connectivity index (χ4n) is 3.35. The molecule has 0 bridgehead atoms. The van der Waals surface area contributed by atoms with E-state index in [0.29, 0.717) is 17.0 Å². The summed E-state index contributed by atoms with van der Waals surface area (Å²) in [7, 11) is 3.21. The van der Waals surface area contributed by atoms with Crippen molar-refractivity contribution >= 4 is 22.8 Å². The maximum absolute atomic E-state index is 12.9. The zero-order chi connectivity index (χ0) is 19.7. The first kappa shape index (κ1) is 18.8. The fraction of sp³-hybridized carbons (Fsp3) is 0.333. The lowest BCUT2D eigenvalue weighted by Gasteiger charge is -2.34. The molecule has 27 heavy (non-hydrogen) atoms. The molecule has 1 N–H and O–H groups in total. The Morgan fingerprint density at radius 2 is 1.89 bits per heavy atom. The summed E-state index contributed by atoms with van der Waals surface area (Å²) in [5.41, 5.74) is 1.71. The average Bonchev–Trinajstić information content (AvgIpc) is 2.64. The molecule has 1 aliphatic rings. The van der Waals surface area contributed by atoms with Crippen LogP contribution in [-0.4, -0.2) is 37.2 Å². The van der Waals surface area contributed by atoms with Crippen molar-refractivity contribution in [2.45, 2.75) is 32.9 Å². The highest BCUT2D eigenvalue weighted by molar-refractivity contribution is 5.98. The monoisotopic (exact) mass is 368 g/mol. The van der Waals surface area contributed by atoms with Gasteiger partial charge in [-0.2, -0.15) is 0 Å². The van der Waals surface area contributed by atoms with Crippen molar-refractivity contribution < 1.29 is 19.1 Å². The fourth-order valence-corrected chi connectivity index (χ4v) is 3.35. The van der Waals surface area contributed by atoms with Crippen molar-refractivity contribution in [1.29, 1.82) is 0 Å². The SMILES string of the molecule is COc1ccc2ccccc2c1[C@@H]1NC(=O)N(C)C(C)=C1C(=O)OC(C)C. The number of hydrogen-bond donors (Lipinski definition) is 1. The molecule has 1 atom stereocenters. The number of amides is 2. The lowest BCUT2D eigenvalue weighted by Crippen LogP contribution is -2.46. The number of fused-ring (bicyclic) bond motifs is 1. The van der Waals surface area contributed by atoms with E-state index >= 15 is 0 Å². The van der Waals surface area contributed by atoms with Gasteiger partial charge in [-0.15, -0.1) is 0 Å². The van der Waals surface area contributed by atoms with Gasteiger partial charge in [0, 0.05) is 18.3 Å². The number of urea groups is 1. The van der Waals surface area contributed by atoms with Gasteiger partial charge >= 0.3 is 12.0 Å². The standard InChI is InChI=1S/C21H24N2O4/c1-12(2)27-20(24)17-13(3)23(4)21(25)22-19(17)18-15-9-7-6-8-14(15)10-11-16(18)26-5/h6-12,19H,1-5H3,(H,22,25)/t19-/m1/s1. The minimum absolute atomic E-state index is 0.268. The van der Waals surface area contributed by atoms with Crippen molar-refractivity contribution in [2.75, 3.05) is 14.2 Å². The van der Waals surface area contributed by atoms with Crippen LogP contribution in [0, 0.1) is 0 Å². The Morgan fingerprint density at radius 1 is 1.19 bits per heavy atom. The molecule has 2 amide bonds. The number of carbonyl (C=O) groups excluding carboxylic acids is 2. The summed E-state index contributed by atoms with van der Waals surface area (Å²) < 4.78 is 11.0. The number of carbonyl (C=O) groups is 2. The molecule has 2 aromatic rings. The van der Waals surface area contributed by atoms with Gasteiger partial charge in [0.15, 0.2) is 0 Å². The molecule has 0 spiro atoms. The Kier molecular flexibility index (Phi) is 5.08. The van der Waals surface area contributed by atoms with E-state index in [9.17, 15) is 9.59 Å². The van der Waals surface area contributed by atoms with Crippen LogP contribution in [0.4, 0.5) is 4.79 Å². The number of ether oxygens (including phenoxy) is 2. The van der Waals surface area contributed by atoms with Gasteiger partial charge in [0.1, 0.15) is 5.75 Å². The quantitative estimate of drug-likeness (QED) is 0.834. The predicted molar refractivity (Wildman–Crippen MR) is 103 cm³/mol. The lowest BCUT2D eigenvalue weighted by molar-refractivity contribution is -0.143. The molecule has 3 rings (SSSR count). The van der Waals surface area contributed by atoms with Crippen LogP contribution in [0.2, 0.25) is 0 Å². The van der Waals surface area contributed by atoms with Gasteiger partial charge in [-0.05, 0) is 37.6 Å². The lowest BCUT2D eigenvalue weighted by atomic mass is 9.90. The Balaban J connectivity index is 2.26.